The molecule has 0 bridgehead atoms. The molecular formula is C19H17BrN4O5S. The molecule has 0 aliphatic carbocycles. The number of aromatic nitrogens is 2. The van der Waals surface area contributed by atoms with Gasteiger partial charge in [-0.15, -0.1) is 0 Å². The SMILES string of the molecule is CCc1nc(CN2C(=O)COc3ccc(S(=O)(=O)Nc4cccc(Br)c4)cc32)no1. The fourth-order valence-corrected chi connectivity index (χ4v) is 4.40. The Morgan fingerprint density at radius 3 is 2.80 bits per heavy atom. The van der Waals surface area contributed by atoms with Gasteiger partial charge in [0.1, 0.15) is 5.75 Å². The van der Waals surface area contributed by atoms with Gasteiger partial charge in [0.15, 0.2) is 12.4 Å². The maximum absolute atomic E-state index is 12.9. The van der Waals surface area contributed by atoms with Gasteiger partial charge in [0.05, 0.1) is 17.1 Å². The van der Waals surface area contributed by atoms with Crippen molar-refractivity contribution in [3.05, 3.63) is 58.7 Å². The van der Waals surface area contributed by atoms with Crippen LogP contribution in [0.4, 0.5) is 11.4 Å². The van der Waals surface area contributed by atoms with Gasteiger partial charge in [-0.05, 0) is 36.4 Å². The molecule has 2 heterocycles. The van der Waals surface area contributed by atoms with E-state index in [-0.39, 0.29) is 24.0 Å². The van der Waals surface area contributed by atoms with Gasteiger partial charge in [-0.1, -0.05) is 34.1 Å². The van der Waals surface area contributed by atoms with E-state index in [2.05, 4.69) is 30.8 Å². The molecule has 0 saturated carbocycles. The number of sulfonamides is 1. The Morgan fingerprint density at radius 2 is 2.07 bits per heavy atom. The van der Waals surface area contributed by atoms with E-state index in [1.54, 1.807) is 24.3 Å². The Bertz CT molecular complexity index is 1210. The van der Waals surface area contributed by atoms with Crippen molar-refractivity contribution >= 4 is 43.2 Å². The Hall–Kier alpha value is -2.92. The molecule has 0 unspecified atom stereocenters. The average Bonchev–Trinajstić information content (AvgIpc) is 3.17. The molecule has 3 aromatic rings. The number of rotatable bonds is 6. The molecule has 156 valence electrons. The lowest BCUT2D eigenvalue weighted by atomic mass is 10.2. The minimum absolute atomic E-state index is 0.00751. The molecule has 0 fully saturated rings. The molecule has 1 amide bonds. The van der Waals surface area contributed by atoms with Gasteiger partial charge in [0.25, 0.3) is 15.9 Å². The summed E-state index contributed by atoms with van der Waals surface area (Å²) < 4.78 is 39.6. The van der Waals surface area contributed by atoms with Crippen molar-refractivity contribution in [1.29, 1.82) is 0 Å². The highest BCUT2D eigenvalue weighted by Gasteiger charge is 2.29. The molecule has 0 saturated heterocycles. The predicted octanol–water partition coefficient (Wildman–Crippen LogP) is 3.12. The first-order valence-corrected chi connectivity index (χ1v) is 11.3. The van der Waals surface area contributed by atoms with Crippen molar-refractivity contribution in [1.82, 2.24) is 10.1 Å². The summed E-state index contributed by atoms with van der Waals surface area (Å²) in [5, 5.41) is 3.87. The summed E-state index contributed by atoms with van der Waals surface area (Å²) in [6.07, 6.45) is 0.574. The molecule has 11 heteroatoms. The monoisotopic (exact) mass is 492 g/mol. The van der Waals surface area contributed by atoms with Gasteiger partial charge >= 0.3 is 0 Å². The largest absolute Gasteiger partial charge is 0.482 e. The van der Waals surface area contributed by atoms with Crippen LogP contribution in [0, 0.1) is 0 Å². The first kappa shape index (κ1) is 20.4. The second-order valence-corrected chi connectivity index (χ2v) is 9.07. The molecular weight excluding hydrogens is 476 g/mol. The van der Waals surface area contributed by atoms with E-state index >= 15 is 0 Å². The zero-order valence-corrected chi connectivity index (χ0v) is 18.2. The summed E-state index contributed by atoms with van der Waals surface area (Å²) in [5.41, 5.74) is 0.733. The van der Waals surface area contributed by atoms with Gasteiger partial charge < -0.3 is 9.26 Å². The lowest BCUT2D eigenvalue weighted by Crippen LogP contribution is -2.38. The molecule has 1 aliphatic rings. The molecule has 2 aromatic carbocycles. The molecule has 4 rings (SSSR count). The maximum Gasteiger partial charge on any atom is 0.265 e. The Morgan fingerprint density at radius 1 is 1.23 bits per heavy atom. The second-order valence-electron chi connectivity index (χ2n) is 6.47. The van der Waals surface area contributed by atoms with Crippen molar-refractivity contribution in [3.63, 3.8) is 0 Å². The molecule has 0 atom stereocenters. The van der Waals surface area contributed by atoms with Gasteiger partial charge in [-0.25, -0.2) is 8.42 Å². The van der Waals surface area contributed by atoms with Crippen LogP contribution in [0.5, 0.6) is 5.75 Å². The van der Waals surface area contributed by atoms with Crippen LogP contribution < -0.4 is 14.4 Å². The third-order valence-corrected chi connectivity index (χ3v) is 6.24. The minimum atomic E-state index is -3.89. The van der Waals surface area contributed by atoms with Crippen LogP contribution in [0.1, 0.15) is 18.6 Å². The van der Waals surface area contributed by atoms with E-state index in [0.29, 0.717) is 35.3 Å². The standard InChI is InChI=1S/C19H17BrN4O5S/c1-2-18-21-17(22-29-18)10-24-15-9-14(6-7-16(15)28-11-19(24)25)30(26,27)23-13-5-3-4-12(20)8-13/h3-9,23H,2,10-11H2,1H3. The third-order valence-electron chi connectivity index (χ3n) is 4.37. The first-order valence-electron chi connectivity index (χ1n) is 9.03. The quantitative estimate of drug-likeness (QED) is 0.561. The first-order chi connectivity index (χ1) is 14.4. The predicted molar refractivity (Wildman–Crippen MR) is 112 cm³/mol. The Kier molecular flexibility index (Phi) is 5.48. The molecule has 30 heavy (non-hydrogen) atoms. The molecule has 1 aliphatic heterocycles. The second kappa shape index (κ2) is 8.07. The number of amides is 1. The van der Waals surface area contributed by atoms with E-state index < -0.39 is 10.0 Å². The van der Waals surface area contributed by atoms with Crippen LogP contribution >= 0.6 is 15.9 Å². The van der Waals surface area contributed by atoms with Crippen LogP contribution in [0.15, 0.2) is 56.4 Å². The number of halogens is 1. The Labute approximate surface area is 181 Å². The maximum atomic E-state index is 12.9. The Balaban J connectivity index is 1.66. The van der Waals surface area contributed by atoms with Crippen LogP contribution in [0.3, 0.4) is 0 Å². The molecule has 1 aromatic heterocycles. The minimum Gasteiger partial charge on any atom is -0.482 e. The fraction of sp³-hybridized carbons (Fsp3) is 0.211. The summed E-state index contributed by atoms with van der Waals surface area (Å²) in [6.45, 7) is 1.76. The molecule has 9 nitrogen and oxygen atoms in total. The van der Waals surface area contributed by atoms with Crippen molar-refractivity contribution in [2.75, 3.05) is 16.2 Å². The fourth-order valence-electron chi connectivity index (χ4n) is 2.93. The number of carbonyl (C=O) groups is 1. The topological polar surface area (TPSA) is 115 Å². The zero-order valence-electron chi connectivity index (χ0n) is 15.8. The lowest BCUT2D eigenvalue weighted by Gasteiger charge is -2.28. The van der Waals surface area contributed by atoms with E-state index in [1.165, 1.54) is 23.1 Å². The average molecular weight is 493 g/mol. The summed E-state index contributed by atoms with van der Waals surface area (Å²) in [4.78, 5) is 18.1. The van der Waals surface area contributed by atoms with Gasteiger partial charge in [-0.2, -0.15) is 4.98 Å². The highest BCUT2D eigenvalue weighted by Crippen LogP contribution is 2.35. The highest BCUT2D eigenvalue weighted by atomic mass is 79.9. The van der Waals surface area contributed by atoms with Crippen LogP contribution in [0.2, 0.25) is 0 Å². The van der Waals surface area contributed by atoms with E-state index in [4.69, 9.17) is 9.26 Å². The summed E-state index contributed by atoms with van der Waals surface area (Å²) >= 11 is 3.31. The molecule has 0 spiro atoms. The number of carbonyl (C=O) groups excluding carboxylic acids is 1. The number of nitrogens with zero attached hydrogens (tertiary/aromatic N) is 3. The number of fused-ring (bicyclic) bond motifs is 1. The molecule has 0 radical (unpaired) electrons. The molecule has 1 N–H and O–H groups in total. The number of aryl methyl sites for hydroxylation is 1. The van der Waals surface area contributed by atoms with Crippen molar-refractivity contribution in [3.8, 4) is 5.75 Å². The van der Waals surface area contributed by atoms with E-state index in [9.17, 15) is 13.2 Å². The number of hydrogen-bond acceptors (Lipinski definition) is 7. The zero-order chi connectivity index (χ0) is 21.3. The normalized spacial score (nSPS) is 13.7. The van der Waals surface area contributed by atoms with Crippen molar-refractivity contribution in [2.24, 2.45) is 0 Å². The summed E-state index contributed by atoms with van der Waals surface area (Å²) in [7, 11) is -3.89. The summed E-state index contributed by atoms with van der Waals surface area (Å²) in [5.74, 6) is 0.851. The number of nitrogens with one attached hydrogen (secondary N) is 1. The van der Waals surface area contributed by atoms with Crippen molar-refractivity contribution in [2.45, 2.75) is 24.8 Å². The van der Waals surface area contributed by atoms with Crippen LogP contribution in [-0.2, 0) is 27.8 Å². The van der Waals surface area contributed by atoms with Crippen LogP contribution in [0.25, 0.3) is 0 Å². The van der Waals surface area contributed by atoms with E-state index in [0.717, 1.165) is 4.47 Å². The van der Waals surface area contributed by atoms with Crippen LogP contribution in [-0.4, -0.2) is 31.1 Å². The summed E-state index contributed by atoms with van der Waals surface area (Å²) in [6, 6.07) is 11.2. The smallest absolute Gasteiger partial charge is 0.265 e. The third kappa shape index (κ3) is 4.17. The number of anilines is 2. The van der Waals surface area contributed by atoms with Gasteiger partial charge in [-0.3, -0.25) is 14.4 Å². The highest BCUT2D eigenvalue weighted by molar-refractivity contribution is 9.10. The number of ether oxygens (including phenoxy) is 1. The van der Waals surface area contributed by atoms with E-state index in [1.807, 2.05) is 6.92 Å². The van der Waals surface area contributed by atoms with Gasteiger partial charge in [0, 0.05) is 16.6 Å². The number of hydrogen-bond donors (Lipinski definition) is 1. The lowest BCUT2D eigenvalue weighted by molar-refractivity contribution is -0.121. The van der Waals surface area contributed by atoms with Gasteiger partial charge in [0.2, 0.25) is 5.89 Å². The van der Waals surface area contributed by atoms with Crippen molar-refractivity contribution < 1.29 is 22.5 Å². The number of benzene rings is 2.